The monoisotopic (exact) mass is 318 g/mol. The lowest BCUT2D eigenvalue weighted by molar-refractivity contribution is -0.143. The minimum Gasteiger partial charge on any atom is -0.496 e. The number of esters is 1. The lowest BCUT2D eigenvalue weighted by Gasteiger charge is -2.16. The molecule has 0 bridgehead atoms. The SMILES string of the molecule is COC(=O)C(CC(C)=O)c1cc(=O)oc2c(C)c(OC)ccc12. The van der Waals surface area contributed by atoms with Crippen LogP contribution in [0.25, 0.3) is 11.0 Å². The lowest BCUT2D eigenvalue weighted by Crippen LogP contribution is -2.19. The molecule has 0 spiro atoms. The number of Topliss-reactive ketones (excluding diaryl/α,β-unsaturated/α-hetero) is 1. The molecule has 0 amide bonds. The predicted molar refractivity (Wildman–Crippen MR) is 83.8 cm³/mol. The molecule has 0 radical (unpaired) electrons. The lowest BCUT2D eigenvalue weighted by atomic mass is 9.91. The number of hydrogen-bond acceptors (Lipinski definition) is 6. The van der Waals surface area contributed by atoms with Gasteiger partial charge in [-0.1, -0.05) is 0 Å². The van der Waals surface area contributed by atoms with Crippen LogP contribution in [0.15, 0.2) is 27.4 Å². The highest BCUT2D eigenvalue weighted by molar-refractivity contribution is 5.93. The van der Waals surface area contributed by atoms with Gasteiger partial charge < -0.3 is 13.9 Å². The number of fused-ring (bicyclic) bond motifs is 1. The van der Waals surface area contributed by atoms with Gasteiger partial charge in [0.1, 0.15) is 17.1 Å². The van der Waals surface area contributed by atoms with E-state index in [9.17, 15) is 14.4 Å². The fourth-order valence-electron chi connectivity index (χ4n) is 2.63. The summed E-state index contributed by atoms with van der Waals surface area (Å²) >= 11 is 0. The Bertz CT molecular complexity index is 818. The van der Waals surface area contributed by atoms with Crippen molar-refractivity contribution in [3.05, 3.63) is 39.7 Å². The van der Waals surface area contributed by atoms with Crippen molar-refractivity contribution in [2.45, 2.75) is 26.2 Å². The molecular formula is C17H18O6. The van der Waals surface area contributed by atoms with Gasteiger partial charge in [0.15, 0.2) is 0 Å². The molecule has 0 saturated carbocycles. The van der Waals surface area contributed by atoms with E-state index in [1.54, 1.807) is 19.1 Å². The topological polar surface area (TPSA) is 82.8 Å². The molecular weight excluding hydrogens is 300 g/mol. The standard InChI is InChI=1S/C17H18O6/c1-9(18)7-13(17(20)22-4)12-8-15(19)23-16-10(2)14(21-3)6-5-11(12)16/h5-6,8,13H,7H2,1-4H3. The summed E-state index contributed by atoms with van der Waals surface area (Å²) in [6.45, 7) is 3.14. The molecule has 1 aromatic carbocycles. The van der Waals surface area contributed by atoms with Gasteiger partial charge >= 0.3 is 11.6 Å². The molecule has 0 aliphatic rings. The van der Waals surface area contributed by atoms with Crippen LogP contribution in [-0.2, 0) is 14.3 Å². The molecule has 1 heterocycles. The van der Waals surface area contributed by atoms with E-state index in [1.165, 1.54) is 27.2 Å². The Hall–Kier alpha value is -2.63. The average Bonchev–Trinajstić information content (AvgIpc) is 2.52. The molecule has 122 valence electrons. The van der Waals surface area contributed by atoms with Crippen molar-refractivity contribution in [2.75, 3.05) is 14.2 Å². The number of hydrogen-bond donors (Lipinski definition) is 0. The molecule has 1 atom stereocenters. The summed E-state index contributed by atoms with van der Waals surface area (Å²) in [4.78, 5) is 35.5. The maximum atomic E-state index is 12.1. The summed E-state index contributed by atoms with van der Waals surface area (Å²) in [5.41, 5.74) is 0.810. The zero-order valence-corrected chi connectivity index (χ0v) is 13.5. The van der Waals surface area contributed by atoms with Crippen molar-refractivity contribution < 1.29 is 23.5 Å². The Balaban J connectivity index is 2.76. The quantitative estimate of drug-likeness (QED) is 0.621. The van der Waals surface area contributed by atoms with Crippen LogP contribution in [0.5, 0.6) is 5.75 Å². The normalized spacial score (nSPS) is 12.0. The van der Waals surface area contributed by atoms with Crippen LogP contribution < -0.4 is 10.4 Å². The van der Waals surface area contributed by atoms with Gasteiger partial charge in [-0.15, -0.1) is 0 Å². The van der Waals surface area contributed by atoms with Crippen LogP contribution in [0.4, 0.5) is 0 Å². The van der Waals surface area contributed by atoms with Gasteiger partial charge in [-0.25, -0.2) is 4.79 Å². The number of ketones is 1. The second-order valence-electron chi connectivity index (χ2n) is 5.27. The Morgan fingerprint density at radius 3 is 2.52 bits per heavy atom. The third-order valence-corrected chi connectivity index (χ3v) is 3.72. The molecule has 0 fully saturated rings. The fourth-order valence-corrected chi connectivity index (χ4v) is 2.63. The molecule has 1 unspecified atom stereocenters. The first-order valence-electron chi connectivity index (χ1n) is 7.07. The van der Waals surface area contributed by atoms with E-state index < -0.39 is 17.5 Å². The number of ether oxygens (including phenoxy) is 2. The van der Waals surface area contributed by atoms with Gasteiger partial charge in [0.2, 0.25) is 0 Å². The Morgan fingerprint density at radius 1 is 1.26 bits per heavy atom. The summed E-state index contributed by atoms with van der Waals surface area (Å²) in [5, 5.41) is 0.583. The number of aryl methyl sites for hydroxylation is 1. The van der Waals surface area contributed by atoms with Crippen molar-refractivity contribution in [1.82, 2.24) is 0 Å². The largest absolute Gasteiger partial charge is 0.496 e. The highest BCUT2D eigenvalue weighted by Gasteiger charge is 2.27. The first kappa shape index (κ1) is 16.7. The number of carbonyl (C=O) groups is 2. The Kier molecular flexibility index (Phi) is 4.83. The second kappa shape index (κ2) is 6.64. The molecule has 0 N–H and O–H groups in total. The fraction of sp³-hybridized carbons (Fsp3) is 0.353. The number of rotatable bonds is 5. The Morgan fingerprint density at radius 2 is 1.96 bits per heavy atom. The predicted octanol–water partition coefficient (Wildman–Crippen LogP) is 2.35. The zero-order chi connectivity index (χ0) is 17.1. The summed E-state index contributed by atoms with van der Waals surface area (Å²) in [5.74, 6) is -1.02. The van der Waals surface area contributed by atoms with E-state index in [2.05, 4.69) is 0 Å². The first-order chi connectivity index (χ1) is 10.9. The van der Waals surface area contributed by atoms with Crippen LogP contribution in [0.1, 0.15) is 30.4 Å². The molecule has 6 nitrogen and oxygen atoms in total. The molecule has 0 aliphatic heterocycles. The first-order valence-corrected chi connectivity index (χ1v) is 7.07. The Labute approximate surface area is 133 Å². The minimum atomic E-state index is -0.850. The number of benzene rings is 1. The molecule has 0 saturated heterocycles. The van der Waals surface area contributed by atoms with Crippen LogP contribution in [0.3, 0.4) is 0 Å². The summed E-state index contributed by atoms with van der Waals surface area (Å²) < 4.78 is 15.3. The summed E-state index contributed by atoms with van der Waals surface area (Å²) in [7, 11) is 2.76. The van der Waals surface area contributed by atoms with Crippen LogP contribution >= 0.6 is 0 Å². The van der Waals surface area contributed by atoms with Crippen molar-refractivity contribution in [3.63, 3.8) is 0 Å². The van der Waals surface area contributed by atoms with Gasteiger partial charge in [-0.3, -0.25) is 9.59 Å². The van der Waals surface area contributed by atoms with E-state index >= 15 is 0 Å². The molecule has 6 heteroatoms. The second-order valence-corrected chi connectivity index (χ2v) is 5.27. The van der Waals surface area contributed by atoms with Crippen molar-refractivity contribution in [2.24, 2.45) is 0 Å². The summed E-state index contributed by atoms with van der Waals surface area (Å²) in [6, 6.07) is 4.66. The van der Waals surface area contributed by atoms with Gasteiger partial charge in [0, 0.05) is 23.4 Å². The van der Waals surface area contributed by atoms with Crippen LogP contribution in [0.2, 0.25) is 0 Å². The highest BCUT2D eigenvalue weighted by atomic mass is 16.5. The molecule has 0 aliphatic carbocycles. The van der Waals surface area contributed by atoms with Crippen molar-refractivity contribution in [3.8, 4) is 5.75 Å². The van der Waals surface area contributed by atoms with E-state index in [4.69, 9.17) is 13.9 Å². The van der Waals surface area contributed by atoms with E-state index in [-0.39, 0.29) is 12.2 Å². The average molecular weight is 318 g/mol. The third kappa shape index (κ3) is 3.26. The minimum absolute atomic E-state index is 0.0453. The number of carbonyl (C=O) groups excluding carboxylic acids is 2. The molecule has 2 aromatic rings. The van der Waals surface area contributed by atoms with Gasteiger partial charge in [-0.05, 0) is 31.5 Å². The maximum absolute atomic E-state index is 12.1. The summed E-state index contributed by atoms with van der Waals surface area (Å²) in [6.07, 6.45) is -0.0453. The van der Waals surface area contributed by atoms with E-state index in [1.807, 2.05) is 0 Å². The van der Waals surface area contributed by atoms with Gasteiger partial charge in [0.25, 0.3) is 0 Å². The van der Waals surface area contributed by atoms with Gasteiger partial charge in [0.05, 0.1) is 20.1 Å². The van der Waals surface area contributed by atoms with Crippen LogP contribution in [-0.4, -0.2) is 26.0 Å². The number of methoxy groups -OCH3 is 2. The van der Waals surface area contributed by atoms with Crippen molar-refractivity contribution >= 4 is 22.7 Å². The van der Waals surface area contributed by atoms with Crippen LogP contribution in [0, 0.1) is 6.92 Å². The highest BCUT2D eigenvalue weighted by Crippen LogP contribution is 2.33. The van der Waals surface area contributed by atoms with Gasteiger partial charge in [-0.2, -0.15) is 0 Å². The molecule has 2 rings (SSSR count). The van der Waals surface area contributed by atoms with E-state index in [0.29, 0.717) is 27.8 Å². The van der Waals surface area contributed by atoms with Crippen molar-refractivity contribution in [1.29, 1.82) is 0 Å². The molecule has 1 aromatic heterocycles. The third-order valence-electron chi connectivity index (χ3n) is 3.72. The molecule has 23 heavy (non-hydrogen) atoms. The van der Waals surface area contributed by atoms with E-state index in [0.717, 1.165) is 0 Å². The maximum Gasteiger partial charge on any atom is 0.336 e. The smallest absolute Gasteiger partial charge is 0.336 e. The zero-order valence-electron chi connectivity index (χ0n) is 13.5.